The van der Waals surface area contributed by atoms with Crippen molar-refractivity contribution in [3.8, 4) is 0 Å². The average Bonchev–Trinajstić information content (AvgIpc) is 2.52. The third kappa shape index (κ3) is 3.69. The molecule has 0 fully saturated rings. The van der Waals surface area contributed by atoms with Crippen molar-refractivity contribution in [3.05, 3.63) is 64.0 Å². The maximum atomic E-state index is 14.1. The van der Waals surface area contributed by atoms with Gasteiger partial charge in [0.2, 0.25) is 10.0 Å². The van der Waals surface area contributed by atoms with Crippen molar-refractivity contribution in [2.24, 2.45) is 5.14 Å². The van der Waals surface area contributed by atoms with Gasteiger partial charge in [0.15, 0.2) is 5.82 Å². The van der Waals surface area contributed by atoms with Crippen molar-refractivity contribution in [2.45, 2.75) is 17.9 Å². The molecule has 0 aliphatic rings. The summed E-state index contributed by atoms with van der Waals surface area (Å²) in [6.45, 7) is 1.80. The second kappa shape index (κ2) is 6.54. The summed E-state index contributed by atoms with van der Waals surface area (Å²) in [5.41, 5.74) is 0.612. The van der Waals surface area contributed by atoms with E-state index in [4.69, 9.17) is 5.14 Å². The molecular formula is C15H16FN3O4S. The Bertz CT molecular complexity index is 869. The Balaban J connectivity index is 2.29. The molecule has 9 heteroatoms. The summed E-state index contributed by atoms with van der Waals surface area (Å²) in [6.07, 6.45) is 0. The SMILES string of the molecule is CC(c1ccc(S(N)(=O)=O)cc1)N(C)c1ccc([N+](=O)[O-])cc1F. The summed E-state index contributed by atoms with van der Waals surface area (Å²) in [5, 5.41) is 15.7. The first-order valence-electron chi connectivity index (χ1n) is 6.91. The molecule has 0 aliphatic carbocycles. The Morgan fingerprint density at radius 1 is 1.21 bits per heavy atom. The highest BCUT2D eigenvalue weighted by molar-refractivity contribution is 7.89. The fourth-order valence-electron chi connectivity index (χ4n) is 2.26. The van der Waals surface area contributed by atoms with Gasteiger partial charge in [0.1, 0.15) is 0 Å². The van der Waals surface area contributed by atoms with Gasteiger partial charge in [-0.05, 0) is 30.7 Å². The van der Waals surface area contributed by atoms with Crippen LogP contribution in [0.15, 0.2) is 47.4 Å². The number of nitrogens with zero attached hydrogens (tertiary/aromatic N) is 2. The molecule has 1 atom stereocenters. The number of hydrogen-bond donors (Lipinski definition) is 1. The Morgan fingerprint density at radius 2 is 1.79 bits per heavy atom. The summed E-state index contributed by atoms with van der Waals surface area (Å²) in [4.78, 5) is 11.6. The van der Waals surface area contributed by atoms with Gasteiger partial charge in [-0.25, -0.2) is 17.9 Å². The molecule has 0 aromatic heterocycles. The van der Waals surface area contributed by atoms with Crippen molar-refractivity contribution in [2.75, 3.05) is 11.9 Å². The van der Waals surface area contributed by atoms with E-state index in [-0.39, 0.29) is 22.3 Å². The normalized spacial score (nSPS) is 12.7. The minimum absolute atomic E-state index is 0.0115. The van der Waals surface area contributed by atoms with Crippen LogP contribution in [-0.2, 0) is 10.0 Å². The van der Waals surface area contributed by atoms with Crippen LogP contribution in [0.3, 0.4) is 0 Å². The van der Waals surface area contributed by atoms with Crippen LogP contribution >= 0.6 is 0 Å². The molecule has 2 aromatic rings. The van der Waals surface area contributed by atoms with E-state index in [0.717, 1.165) is 11.6 Å². The third-order valence-corrected chi connectivity index (χ3v) is 4.72. The molecule has 2 rings (SSSR count). The maximum Gasteiger partial charge on any atom is 0.272 e. The number of non-ortho nitro benzene ring substituents is 1. The lowest BCUT2D eigenvalue weighted by Crippen LogP contribution is -2.23. The van der Waals surface area contributed by atoms with Crippen molar-refractivity contribution in [3.63, 3.8) is 0 Å². The van der Waals surface area contributed by atoms with Crippen LogP contribution in [0.2, 0.25) is 0 Å². The number of nitrogens with two attached hydrogens (primary N) is 1. The molecular weight excluding hydrogens is 337 g/mol. The Morgan fingerprint density at radius 3 is 2.25 bits per heavy atom. The number of nitro groups is 1. The molecule has 0 aliphatic heterocycles. The van der Waals surface area contributed by atoms with Gasteiger partial charge in [-0.1, -0.05) is 12.1 Å². The molecule has 0 amide bonds. The van der Waals surface area contributed by atoms with Gasteiger partial charge >= 0.3 is 0 Å². The number of halogens is 1. The highest BCUT2D eigenvalue weighted by Crippen LogP contribution is 2.30. The molecule has 2 aromatic carbocycles. The lowest BCUT2D eigenvalue weighted by atomic mass is 10.1. The first-order valence-corrected chi connectivity index (χ1v) is 8.45. The largest absolute Gasteiger partial charge is 0.365 e. The molecule has 0 spiro atoms. The summed E-state index contributed by atoms with van der Waals surface area (Å²) in [6, 6.07) is 9.06. The van der Waals surface area contributed by atoms with Crippen molar-refractivity contribution in [1.29, 1.82) is 0 Å². The van der Waals surface area contributed by atoms with Crippen LogP contribution < -0.4 is 10.0 Å². The van der Waals surface area contributed by atoms with Gasteiger partial charge in [-0.15, -0.1) is 0 Å². The number of hydrogen-bond acceptors (Lipinski definition) is 5. The lowest BCUT2D eigenvalue weighted by molar-refractivity contribution is -0.385. The monoisotopic (exact) mass is 353 g/mol. The zero-order valence-electron chi connectivity index (χ0n) is 13.0. The number of anilines is 1. The molecule has 0 bridgehead atoms. The van der Waals surface area contributed by atoms with Gasteiger partial charge < -0.3 is 4.90 Å². The van der Waals surface area contributed by atoms with E-state index in [2.05, 4.69) is 0 Å². The van der Waals surface area contributed by atoms with Crippen molar-refractivity contribution in [1.82, 2.24) is 0 Å². The summed E-state index contributed by atoms with van der Waals surface area (Å²) in [7, 11) is -2.13. The van der Waals surface area contributed by atoms with Crippen molar-refractivity contribution < 1.29 is 17.7 Å². The maximum absolute atomic E-state index is 14.1. The highest BCUT2D eigenvalue weighted by Gasteiger charge is 2.19. The topological polar surface area (TPSA) is 107 Å². The molecule has 7 nitrogen and oxygen atoms in total. The number of primary sulfonamides is 1. The number of rotatable bonds is 5. The van der Waals surface area contributed by atoms with Crippen LogP contribution in [0.25, 0.3) is 0 Å². The highest BCUT2D eigenvalue weighted by atomic mass is 32.2. The molecule has 24 heavy (non-hydrogen) atoms. The van der Waals surface area contributed by atoms with Crippen LogP contribution in [0.1, 0.15) is 18.5 Å². The Kier molecular flexibility index (Phi) is 4.86. The lowest BCUT2D eigenvalue weighted by Gasteiger charge is -2.27. The number of nitro benzene ring substituents is 1. The van der Waals surface area contributed by atoms with Gasteiger partial charge in [-0.2, -0.15) is 0 Å². The molecule has 0 radical (unpaired) electrons. The smallest absolute Gasteiger partial charge is 0.272 e. The predicted molar refractivity (Wildman–Crippen MR) is 87.7 cm³/mol. The Labute approximate surface area is 138 Å². The van der Waals surface area contributed by atoms with Gasteiger partial charge in [-0.3, -0.25) is 10.1 Å². The van der Waals surface area contributed by atoms with E-state index in [9.17, 15) is 22.9 Å². The fourth-order valence-corrected chi connectivity index (χ4v) is 2.78. The summed E-state index contributed by atoms with van der Waals surface area (Å²) < 4.78 is 36.6. The minimum atomic E-state index is -3.77. The minimum Gasteiger partial charge on any atom is -0.365 e. The average molecular weight is 353 g/mol. The molecule has 2 N–H and O–H groups in total. The van der Waals surface area contributed by atoms with E-state index < -0.39 is 20.8 Å². The van der Waals surface area contributed by atoms with E-state index in [1.165, 1.54) is 24.3 Å². The standard InChI is InChI=1S/C15H16FN3O4S/c1-10(11-3-6-13(7-4-11)24(17,22)23)18(2)15-8-5-12(19(20)21)9-14(15)16/h3-10H,1-2H3,(H2,17,22,23). The van der Waals surface area contributed by atoms with Crippen LogP contribution in [0.4, 0.5) is 15.8 Å². The number of sulfonamides is 1. The molecule has 128 valence electrons. The molecule has 0 saturated carbocycles. The Hall–Kier alpha value is -2.52. The molecule has 1 unspecified atom stereocenters. The second-order valence-corrected chi connectivity index (χ2v) is 6.86. The van der Waals surface area contributed by atoms with E-state index in [1.54, 1.807) is 31.0 Å². The van der Waals surface area contributed by atoms with E-state index in [1.807, 2.05) is 0 Å². The van der Waals surface area contributed by atoms with Gasteiger partial charge in [0.25, 0.3) is 5.69 Å². The first-order chi connectivity index (χ1) is 11.1. The van der Waals surface area contributed by atoms with Crippen LogP contribution in [0.5, 0.6) is 0 Å². The summed E-state index contributed by atoms with van der Waals surface area (Å²) in [5.74, 6) is -0.709. The summed E-state index contributed by atoms with van der Waals surface area (Å²) >= 11 is 0. The van der Waals surface area contributed by atoms with Gasteiger partial charge in [0.05, 0.1) is 27.6 Å². The quantitative estimate of drug-likeness (QED) is 0.657. The van der Waals surface area contributed by atoms with Crippen LogP contribution in [-0.4, -0.2) is 20.4 Å². The third-order valence-electron chi connectivity index (χ3n) is 3.79. The fraction of sp³-hybridized carbons (Fsp3) is 0.200. The zero-order chi connectivity index (χ0) is 18.1. The van der Waals surface area contributed by atoms with Crippen LogP contribution in [0, 0.1) is 15.9 Å². The second-order valence-electron chi connectivity index (χ2n) is 5.29. The molecule has 0 heterocycles. The van der Waals surface area contributed by atoms with Gasteiger partial charge in [0, 0.05) is 13.1 Å². The van der Waals surface area contributed by atoms with Crippen molar-refractivity contribution >= 4 is 21.4 Å². The van der Waals surface area contributed by atoms with E-state index in [0.29, 0.717) is 0 Å². The van der Waals surface area contributed by atoms with E-state index >= 15 is 0 Å². The number of benzene rings is 2. The zero-order valence-corrected chi connectivity index (χ0v) is 13.8. The first kappa shape index (κ1) is 17.8. The predicted octanol–water partition coefficient (Wildman–Crippen LogP) is 2.58. The molecule has 0 saturated heterocycles.